The molecule has 0 bridgehead atoms. The van der Waals surface area contributed by atoms with Crippen LogP contribution in [0, 0.1) is 0 Å². The van der Waals surface area contributed by atoms with Crippen molar-refractivity contribution in [1.29, 1.82) is 0 Å². The molecule has 1 heterocycles. The van der Waals surface area contributed by atoms with Gasteiger partial charge in [0.1, 0.15) is 0 Å². The van der Waals surface area contributed by atoms with Crippen molar-refractivity contribution in [2.24, 2.45) is 0 Å². The van der Waals surface area contributed by atoms with Gasteiger partial charge >= 0.3 is 5.97 Å². The maximum Gasteiger partial charge on any atom is 0.305 e. The maximum atomic E-state index is 11.6. The molecule has 0 spiro atoms. The smallest absolute Gasteiger partial charge is 0.305 e. The average Bonchev–Trinajstić information content (AvgIpc) is 3.10. The van der Waals surface area contributed by atoms with Gasteiger partial charge in [-0.25, -0.2) is 0 Å². The van der Waals surface area contributed by atoms with E-state index in [0.717, 1.165) is 38.5 Å². The van der Waals surface area contributed by atoms with E-state index < -0.39 is 0 Å². The quantitative estimate of drug-likeness (QED) is 0.230. The van der Waals surface area contributed by atoms with E-state index in [2.05, 4.69) is 17.6 Å². The molecule has 3 nitrogen and oxygen atoms in total. The Bertz CT molecular complexity index is 411. The minimum Gasteiger partial charge on any atom is -0.466 e. The first-order valence-electron chi connectivity index (χ1n) is 9.71. The SMILES string of the molecule is C=CCCCCCCCCC(=O)OCCCCCCc1ccc[nH]1. The monoisotopic (exact) mass is 333 g/mol. The largest absolute Gasteiger partial charge is 0.466 e. The molecule has 0 saturated carbocycles. The van der Waals surface area contributed by atoms with E-state index in [4.69, 9.17) is 4.74 Å². The molecule has 1 N–H and O–H groups in total. The second kappa shape index (κ2) is 15.0. The van der Waals surface area contributed by atoms with Gasteiger partial charge in [0, 0.05) is 18.3 Å². The number of H-pyrrole nitrogens is 1. The van der Waals surface area contributed by atoms with Crippen molar-refractivity contribution in [2.75, 3.05) is 6.61 Å². The fraction of sp³-hybridized carbons (Fsp3) is 0.667. The molecule has 0 atom stereocenters. The Morgan fingerprint density at radius 2 is 1.71 bits per heavy atom. The van der Waals surface area contributed by atoms with Gasteiger partial charge in [-0.2, -0.15) is 0 Å². The zero-order valence-electron chi connectivity index (χ0n) is 15.2. The van der Waals surface area contributed by atoms with E-state index in [9.17, 15) is 4.79 Å². The number of aromatic nitrogens is 1. The summed E-state index contributed by atoms with van der Waals surface area (Å²) in [5, 5.41) is 0. The zero-order valence-corrected chi connectivity index (χ0v) is 15.2. The van der Waals surface area contributed by atoms with Gasteiger partial charge < -0.3 is 9.72 Å². The summed E-state index contributed by atoms with van der Waals surface area (Å²) in [6, 6.07) is 4.17. The number of hydrogen-bond donors (Lipinski definition) is 1. The molecule has 0 unspecified atom stereocenters. The number of hydrogen-bond acceptors (Lipinski definition) is 2. The molecule has 1 aromatic rings. The van der Waals surface area contributed by atoms with Crippen molar-refractivity contribution in [3.63, 3.8) is 0 Å². The van der Waals surface area contributed by atoms with Crippen molar-refractivity contribution >= 4 is 5.97 Å². The first-order chi connectivity index (χ1) is 11.8. The molecule has 136 valence electrons. The molecular formula is C21H35NO2. The van der Waals surface area contributed by atoms with Crippen LogP contribution in [-0.4, -0.2) is 17.6 Å². The summed E-state index contributed by atoms with van der Waals surface area (Å²) in [4.78, 5) is 14.8. The predicted octanol–water partition coefficient (Wildman–Crippen LogP) is 5.97. The van der Waals surface area contributed by atoms with Crippen LogP contribution in [-0.2, 0) is 16.0 Å². The summed E-state index contributed by atoms with van der Waals surface area (Å²) in [6.07, 6.45) is 18.4. The molecule has 1 aromatic heterocycles. The van der Waals surface area contributed by atoms with E-state index in [1.807, 2.05) is 18.3 Å². The summed E-state index contributed by atoms with van der Waals surface area (Å²) in [6.45, 7) is 4.32. The highest BCUT2D eigenvalue weighted by Crippen LogP contribution is 2.10. The van der Waals surface area contributed by atoms with Gasteiger partial charge in [0.05, 0.1) is 6.61 Å². The van der Waals surface area contributed by atoms with Crippen molar-refractivity contribution in [3.05, 3.63) is 36.7 Å². The van der Waals surface area contributed by atoms with Crippen molar-refractivity contribution < 1.29 is 9.53 Å². The number of unbranched alkanes of at least 4 members (excludes halogenated alkanes) is 9. The van der Waals surface area contributed by atoms with Crippen LogP contribution in [0.1, 0.15) is 82.7 Å². The Hall–Kier alpha value is -1.51. The molecule has 0 aliphatic carbocycles. The lowest BCUT2D eigenvalue weighted by molar-refractivity contribution is -0.143. The third-order valence-corrected chi connectivity index (χ3v) is 4.31. The average molecular weight is 334 g/mol. The van der Waals surface area contributed by atoms with Gasteiger partial charge in [0.15, 0.2) is 0 Å². The Kier molecular flexibility index (Phi) is 12.9. The molecule has 24 heavy (non-hydrogen) atoms. The number of aromatic amines is 1. The highest BCUT2D eigenvalue weighted by Gasteiger charge is 2.02. The maximum absolute atomic E-state index is 11.6. The zero-order chi connectivity index (χ0) is 17.3. The van der Waals surface area contributed by atoms with Gasteiger partial charge in [0.2, 0.25) is 0 Å². The standard InChI is InChI=1S/C21H35NO2/c1-2-3-4-5-6-7-8-12-17-21(23)24-19-13-10-9-11-15-20-16-14-18-22-20/h2,14,16,18,22H,1,3-13,15,17,19H2. The Labute approximate surface area is 147 Å². The van der Waals surface area contributed by atoms with Crippen LogP contribution >= 0.6 is 0 Å². The number of esters is 1. The summed E-state index contributed by atoms with van der Waals surface area (Å²) >= 11 is 0. The Morgan fingerprint density at radius 1 is 1.00 bits per heavy atom. The fourth-order valence-electron chi connectivity index (χ4n) is 2.82. The molecular weight excluding hydrogens is 298 g/mol. The number of allylic oxidation sites excluding steroid dienone is 1. The molecule has 0 saturated heterocycles. The van der Waals surface area contributed by atoms with Gasteiger partial charge in [0.25, 0.3) is 0 Å². The molecule has 0 aliphatic rings. The van der Waals surface area contributed by atoms with Crippen molar-refractivity contribution in [1.82, 2.24) is 4.98 Å². The van der Waals surface area contributed by atoms with Crippen LogP contribution in [0.15, 0.2) is 31.0 Å². The lowest BCUT2D eigenvalue weighted by Gasteiger charge is -2.05. The fourth-order valence-corrected chi connectivity index (χ4v) is 2.82. The van der Waals surface area contributed by atoms with Gasteiger partial charge in [-0.1, -0.05) is 44.6 Å². The minimum absolute atomic E-state index is 0.0203. The summed E-state index contributed by atoms with van der Waals surface area (Å²) in [7, 11) is 0. The Balaban J connectivity index is 1.78. The van der Waals surface area contributed by atoms with Crippen LogP contribution in [0.2, 0.25) is 0 Å². The van der Waals surface area contributed by atoms with E-state index in [1.165, 1.54) is 44.2 Å². The highest BCUT2D eigenvalue weighted by molar-refractivity contribution is 5.69. The number of carbonyl (C=O) groups excluding carboxylic acids is 1. The summed E-state index contributed by atoms with van der Waals surface area (Å²) in [5.74, 6) is -0.0203. The summed E-state index contributed by atoms with van der Waals surface area (Å²) in [5.41, 5.74) is 1.31. The van der Waals surface area contributed by atoms with Crippen LogP contribution in [0.4, 0.5) is 0 Å². The second-order valence-corrected chi connectivity index (χ2v) is 6.53. The predicted molar refractivity (Wildman–Crippen MR) is 101 cm³/mol. The Morgan fingerprint density at radius 3 is 2.46 bits per heavy atom. The van der Waals surface area contributed by atoms with Crippen LogP contribution in [0.3, 0.4) is 0 Å². The number of rotatable bonds is 16. The lowest BCUT2D eigenvalue weighted by Crippen LogP contribution is -2.05. The molecule has 0 aromatic carbocycles. The molecule has 3 heteroatoms. The van der Waals surface area contributed by atoms with E-state index in [0.29, 0.717) is 13.0 Å². The molecule has 0 radical (unpaired) electrons. The normalized spacial score (nSPS) is 10.7. The van der Waals surface area contributed by atoms with Crippen molar-refractivity contribution in [3.8, 4) is 0 Å². The molecule has 0 fully saturated rings. The first kappa shape index (κ1) is 20.5. The van der Waals surface area contributed by atoms with E-state index in [-0.39, 0.29) is 5.97 Å². The number of nitrogens with one attached hydrogen (secondary N) is 1. The number of carbonyl (C=O) groups is 1. The highest BCUT2D eigenvalue weighted by atomic mass is 16.5. The van der Waals surface area contributed by atoms with Crippen LogP contribution in [0.25, 0.3) is 0 Å². The third kappa shape index (κ3) is 12.0. The van der Waals surface area contributed by atoms with Crippen LogP contribution in [0.5, 0.6) is 0 Å². The lowest BCUT2D eigenvalue weighted by atomic mass is 10.1. The minimum atomic E-state index is -0.0203. The first-order valence-corrected chi connectivity index (χ1v) is 9.71. The topological polar surface area (TPSA) is 42.1 Å². The summed E-state index contributed by atoms with van der Waals surface area (Å²) < 4.78 is 5.30. The molecule has 0 amide bonds. The van der Waals surface area contributed by atoms with Gasteiger partial charge in [-0.05, 0) is 50.7 Å². The van der Waals surface area contributed by atoms with E-state index in [1.54, 1.807) is 0 Å². The van der Waals surface area contributed by atoms with Crippen LogP contribution < -0.4 is 0 Å². The molecule has 1 rings (SSSR count). The number of aryl methyl sites for hydroxylation is 1. The van der Waals surface area contributed by atoms with Gasteiger partial charge in [-0.15, -0.1) is 6.58 Å². The third-order valence-electron chi connectivity index (χ3n) is 4.31. The van der Waals surface area contributed by atoms with Crippen molar-refractivity contribution in [2.45, 2.75) is 83.5 Å². The second-order valence-electron chi connectivity index (χ2n) is 6.53. The molecule has 0 aliphatic heterocycles. The number of ether oxygens (including phenoxy) is 1. The van der Waals surface area contributed by atoms with Gasteiger partial charge in [-0.3, -0.25) is 4.79 Å². The van der Waals surface area contributed by atoms with E-state index >= 15 is 0 Å².